The van der Waals surface area contributed by atoms with Crippen LogP contribution in [0.1, 0.15) is 25.7 Å². The topological polar surface area (TPSA) is 35.6 Å². The molecule has 0 aliphatic carbocycles. The number of amides is 2. The number of urea groups is 1. The minimum atomic E-state index is -0.0416. The van der Waals surface area contributed by atoms with Crippen LogP contribution < -0.4 is 10.2 Å². The van der Waals surface area contributed by atoms with E-state index in [1.54, 1.807) is 11.8 Å². The van der Waals surface area contributed by atoms with E-state index in [2.05, 4.69) is 22.3 Å². The Morgan fingerprint density at radius 2 is 1.46 bits per heavy atom. The Hall–Kier alpha value is -1.98. The summed E-state index contributed by atoms with van der Waals surface area (Å²) < 4.78 is 0. The molecule has 2 aromatic carbocycles. The number of fused-ring (bicyclic) bond motifs is 2. The Bertz CT molecular complexity index is 726. The summed E-state index contributed by atoms with van der Waals surface area (Å²) in [6.07, 6.45) is 5.22. The number of nitrogens with one attached hydrogen (secondary N) is 1. The van der Waals surface area contributed by atoms with E-state index in [-0.39, 0.29) is 6.03 Å². The van der Waals surface area contributed by atoms with E-state index >= 15 is 0 Å². The zero-order valence-corrected chi connectivity index (χ0v) is 15.8. The van der Waals surface area contributed by atoms with Crippen molar-refractivity contribution in [1.82, 2.24) is 10.2 Å². The highest BCUT2D eigenvalue weighted by molar-refractivity contribution is 7.99. The van der Waals surface area contributed by atoms with Crippen molar-refractivity contribution in [3.63, 3.8) is 0 Å². The van der Waals surface area contributed by atoms with Crippen LogP contribution in [0.2, 0.25) is 0 Å². The molecule has 1 saturated heterocycles. The lowest BCUT2D eigenvalue weighted by Gasteiger charge is -2.31. The molecule has 2 aliphatic rings. The van der Waals surface area contributed by atoms with E-state index in [4.69, 9.17) is 0 Å². The van der Waals surface area contributed by atoms with Crippen LogP contribution in [0.15, 0.2) is 58.3 Å². The molecular formula is C21H25N3OS. The summed E-state index contributed by atoms with van der Waals surface area (Å²) in [6, 6.07) is 16.2. The van der Waals surface area contributed by atoms with Gasteiger partial charge in [0.1, 0.15) is 0 Å². The van der Waals surface area contributed by atoms with Crippen LogP contribution >= 0.6 is 11.8 Å². The largest absolute Gasteiger partial charge is 0.336 e. The first-order valence-electron chi connectivity index (χ1n) is 9.49. The third kappa shape index (κ3) is 3.74. The number of hydrogen-bond acceptors (Lipinski definition) is 3. The number of carbonyl (C=O) groups is 1. The summed E-state index contributed by atoms with van der Waals surface area (Å²) in [6.45, 7) is 3.92. The van der Waals surface area contributed by atoms with E-state index in [0.717, 1.165) is 40.8 Å². The summed E-state index contributed by atoms with van der Waals surface area (Å²) in [5, 5.41) is 3.14. The van der Waals surface area contributed by atoms with E-state index in [9.17, 15) is 4.79 Å². The highest BCUT2D eigenvalue weighted by Gasteiger charge is 2.27. The van der Waals surface area contributed by atoms with E-state index in [1.807, 2.05) is 41.3 Å². The minimum absolute atomic E-state index is 0.0416. The van der Waals surface area contributed by atoms with Crippen molar-refractivity contribution < 1.29 is 4.79 Å². The molecule has 0 unspecified atom stereocenters. The van der Waals surface area contributed by atoms with Gasteiger partial charge >= 0.3 is 6.03 Å². The van der Waals surface area contributed by atoms with E-state index in [0.29, 0.717) is 6.54 Å². The van der Waals surface area contributed by atoms with Crippen LogP contribution in [0.4, 0.5) is 16.2 Å². The Morgan fingerprint density at radius 1 is 0.885 bits per heavy atom. The van der Waals surface area contributed by atoms with Gasteiger partial charge in [0.25, 0.3) is 0 Å². The summed E-state index contributed by atoms with van der Waals surface area (Å²) in [5.41, 5.74) is 1.92. The molecule has 136 valence electrons. The zero-order chi connectivity index (χ0) is 17.8. The molecule has 1 fully saturated rings. The summed E-state index contributed by atoms with van der Waals surface area (Å²) in [4.78, 5) is 19.6. The van der Waals surface area contributed by atoms with Crippen LogP contribution in [0.25, 0.3) is 0 Å². The second-order valence-corrected chi connectivity index (χ2v) is 7.94. The van der Waals surface area contributed by atoms with Crippen LogP contribution in [-0.2, 0) is 0 Å². The normalized spacial score (nSPS) is 17.2. The quantitative estimate of drug-likeness (QED) is 0.840. The molecule has 5 heteroatoms. The maximum atomic E-state index is 13.0. The molecule has 0 spiro atoms. The highest BCUT2D eigenvalue weighted by atomic mass is 32.2. The number of rotatable bonds is 3. The monoisotopic (exact) mass is 367 g/mol. The molecule has 0 radical (unpaired) electrons. The van der Waals surface area contributed by atoms with Gasteiger partial charge in [-0.15, -0.1) is 0 Å². The maximum absolute atomic E-state index is 13.0. The number of anilines is 2. The lowest BCUT2D eigenvalue weighted by Crippen LogP contribution is -2.42. The van der Waals surface area contributed by atoms with Gasteiger partial charge in [0.15, 0.2) is 0 Å². The molecule has 4 rings (SSSR count). The van der Waals surface area contributed by atoms with Crippen molar-refractivity contribution in [2.75, 3.05) is 31.1 Å². The minimum Gasteiger partial charge on any atom is -0.336 e. The molecule has 4 nitrogen and oxygen atoms in total. The van der Waals surface area contributed by atoms with Gasteiger partial charge in [0, 0.05) is 22.9 Å². The molecule has 2 aromatic rings. The molecular weight excluding hydrogens is 342 g/mol. The summed E-state index contributed by atoms with van der Waals surface area (Å²) in [7, 11) is 0. The van der Waals surface area contributed by atoms with Gasteiger partial charge in [-0.05, 0) is 50.2 Å². The molecule has 1 N–H and O–H groups in total. The van der Waals surface area contributed by atoms with Crippen molar-refractivity contribution in [2.45, 2.75) is 35.5 Å². The molecule has 2 amide bonds. The van der Waals surface area contributed by atoms with Crippen molar-refractivity contribution in [2.24, 2.45) is 0 Å². The fraction of sp³-hybridized carbons (Fsp3) is 0.381. The van der Waals surface area contributed by atoms with Crippen molar-refractivity contribution in [3.8, 4) is 0 Å². The predicted molar refractivity (Wildman–Crippen MR) is 107 cm³/mol. The number of likely N-dealkylation sites (tertiary alicyclic amines) is 1. The average Bonchev–Trinajstić information content (AvgIpc) is 2.95. The standard InChI is InChI=1S/C21H25N3OS/c25-21(22-13-16-23-14-7-1-2-8-15-23)24-17-9-3-5-11-19(17)26-20-12-6-4-10-18(20)24/h3-6,9-12H,1-2,7-8,13-16H2,(H,22,25). The van der Waals surface area contributed by atoms with Gasteiger partial charge in [-0.1, -0.05) is 48.9 Å². The SMILES string of the molecule is O=C(NCCN1CCCCCC1)N1c2ccccc2Sc2ccccc21. The number of benzene rings is 2. The molecule has 26 heavy (non-hydrogen) atoms. The van der Waals surface area contributed by atoms with Gasteiger partial charge in [-0.25, -0.2) is 4.79 Å². The number of hydrogen-bond donors (Lipinski definition) is 1. The first-order valence-corrected chi connectivity index (χ1v) is 10.3. The highest BCUT2D eigenvalue weighted by Crippen LogP contribution is 2.47. The van der Waals surface area contributed by atoms with Crippen LogP contribution in [0.5, 0.6) is 0 Å². The van der Waals surface area contributed by atoms with Gasteiger partial charge < -0.3 is 10.2 Å². The average molecular weight is 368 g/mol. The van der Waals surface area contributed by atoms with Gasteiger partial charge in [-0.3, -0.25) is 4.90 Å². The van der Waals surface area contributed by atoms with Crippen molar-refractivity contribution in [1.29, 1.82) is 0 Å². The van der Waals surface area contributed by atoms with Crippen LogP contribution in [-0.4, -0.2) is 37.1 Å². The Labute approximate surface area is 159 Å². The first kappa shape index (κ1) is 17.4. The zero-order valence-electron chi connectivity index (χ0n) is 15.0. The second kappa shape index (κ2) is 8.14. The first-order chi connectivity index (χ1) is 12.8. The fourth-order valence-electron chi connectivity index (χ4n) is 3.68. The molecule has 0 saturated carbocycles. The Kier molecular flexibility index (Phi) is 5.46. The lowest BCUT2D eigenvalue weighted by molar-refractivity contribution is 0.242. The smallest absolute Gasteiger partial charge is 0.326 e. The Morgan fingerprint density at radius 3 is 2.08 bits per heavy atom. The second-order valence-electron chi connectivity index (χ2n) is 6.86. The van der Waals surface area contributed by atoms with Crippen molar-refractivity contribution in [3.05, 3.63) is 48.5 Å². The fourth-order valence-corrected chi connectivity index (χ4v) is 4.74. The molecule has 0 bridgehead atoms. The summed E-state index contributed by atoms with van der Waals surface area (Å²) in [5.74, 6) is 0. The summed E-state index contributed by atoms with van der Waals surface area (Å²) >= 11 is 1.72. The molecule has 0 aromatic heterocycles. The number of carbonyl (C=O) groups excluding carboxylic acids is 1. The predicted octanol–water partition coefficient (Wildman–Crippen LogP) is 4.87. The lowest BCUT2D eigenvalue weighted by atomic mass is 10.2. The molecule has 2 aliphatic heterocycles. The number of nitrogens with zero attached hydrogens (tertiary/aromatic N) is 2. The molecule has 0 atom stereocenters. The van der Waals surface area contributed by atoms with Crippen LogP contribution in [0.3, 0.4) is 0 Å². The van der Waals surface area contributed by atoms with Gasteiger partial charge in [0.2, 0.25) is 0 Å². The van der Waals surface area contributed by atoms with Gasteiger partial charge in [0.05, 0.1) is 11.4 Å². The van der Waals surface area contributed by atoms with E-state index in [1.165, 1.54) is 25.7 Å². The van der Waals surface area contributed by atoms with E-state index < -0.39 is 0 Å². The third-order valence-corrected chi connectivity index (χ3v) is 6.17. The third-order valence-electron chi connectivity index (χ3n) is 5.04. The van der Waals surface area contributed by atoms with Crippen LogP contribution in [0, 0.1) is 0 Å². The van der Waals surface area contributed by atoms with Crippen molar-refractivity contribution >= 4 is 29.2 Å². The molecule has 2 heterocycles. The Balaban J connectivity index is 1.47. The number of para-hydroxylation sites is 2. The van der Waals surface area contributed by atoms with Gasteiger partial charge in [-0.2, -0.15) is 0 Å². The maximum Gasteiger partial charge on any atom is 0.326 e.